The van der Waals surface area contributed by atoms with Gasteiger partial charge in [-0.3, -0.25) is 4.79 Å². The van der Waals surface area contributed by atoms with Gasteiger partial charge in [-0.25, -0.2) is 14.7 Å². The number of hydrazone groups is 1. The van der Waals surface area contributed by atoms with Crippen LogP contribution in [-0.2, 0) is 4.79 Å². The average molecular weight is 509 g/mol. The summed E-state index contributed by atoms with van der Waals surface area (Å²) in [6.45, 7) is 2.54. The number of hydrogen-bond acceptors (Lipinski definition) is 4. The van der Waals surface area contributed by atoms with Crippen molar-refractivity contribution in [3.63, 3.8) is 0 Å². The van der Waals surface area contributed by atoms with Crippen molar-refractivity contribution in [2.75, 3.05) is 23.5 Å². The summed E-state index contributed by atoms with van der Waals surface area (Å²) in [6, 6.07) is 14.0. The monoisotopic (exact) mass is 507 g/mol. The highest BCUT2D eigenvalue weighted by molar-refractivity contribution is 9.10. The Bertz CT molecular complexity index is 936. The van der Waals surface area contributed by atoms with Crippen molar-refractivity contribution in [3.8, 4) is 0 Å². The molecular weight excluding hydrogens is 486 g/mol. The lowest BCUT2D eigenvalue weighted by molar-refractivity contribution is -0.107. The lowest BCUT2D eigenvalue weighted by atomic mass is 9.78. The Balaban J connectivity index is 1.92. The molecule has 0 aromatic heterocycles. The predicted octanol–water partition coefficient (Wildman–Crippen LogP) is 6.05. The van der Waals surface area contributed by atoms with Crippen LogP contribution in [-0.4, -0.2) is 41.7 Å². The zero-order valence-corrected chi connectivity index (χ0v) is 20.0. The van der Waals surface area contributed by atoms with E-state index in [-0.39, 0.29) is 5.41 Å². The Kier molecular flexibility index (Phi) is 7.60. The molecule has 158 valence electrons. The van der Waals surface area contributed by atoms with E-state index in [1.807, 2.05) is 24.3 Å². The van der Waals surface area contributed by atoms with Crippen molar-refractivity contribution in [1.82, 2.24) is 5.01 Å². The molecule has 0 bridgehead atoms. The van der Waals surface area contributed by atoms with Crippen molar-refractivity contribution >= 4 is 63.1 Å². The highest BCUT2D eigenvalue weighted by Gasteiger charge is 2.42. The molecule has 0 spiro atoms. The van der Waals surface area contributed by atoms with Crippen LogP contribution >= 0.6 is 39.3 Å². The molecule has 1 aliphatic heterocycles. The minimum atomic E-state index is -0.465. The topological polar surface area (TPSA) is 53.0 Å². The van der Waals surface area contributed by atoms with Gasteiger partial charge in [0.2, 0.25) is 6.41 Å². The molecule has 1 heterocycles. The molecule has 1 aliphatic rings. The first-order valence-electron chi connectivity index (χ1n) is 9.53. The van der Waals surface area contributed by atoms with Gasteiger partial charge in [-0.2, -0.15) is 16.9 Å². The largest absolute Gasteiger partial charge is 0.351 e. The minimum absolute atomic E-state index is 0.312. The first-order chi connectivity index (χ1) is 14.4. The van der Waals surface area contributed by atoms with E-state index >= 15 is 0 Å². The molecule has 3 rings (SSSR count). The molecule has 1 unspecified atom stereocenters. The van der Waals surface area contributed by atoms with Crippen LogP contribution in [0.2, 0.25) is 5.02 Å². The number of halogens is 2. The smallest absolute Gasteiger partial charge is 0.278 e. The zero-order valence-electron chi connectivity index (χ0n) is 16.8. The molecule has 1 atom stereocenters. The molecule has 0 saturated heterocycles. The van der Waals surface area contributed by atoms with Gasteiger partial charge in [0.25, 0.3) is 0 Å². The maximum absolute atomic E-state index is 13.2. The number of hydrogen-bond donors (Lipinski definition) is 0. The van der Waals surface area contributed by atoms with E-state index in [2.05, 4.69) is 34.2 Å². The molecule has 5 nitrogen and oxygen atoms in total. The van der Waals surface area contributed by atoms with Crippen molar-refractivity contribution in [2.45, 2.75) is 19.8 Å². The second kappa shape index (κ2) is 9.98. The van der Waals surface area contributed by atoms with E-state index in [0.29, 0.717) is 23.7 Å². The normalized spacial score (nSPS) is 18.3. The fourth-order valence-electron chi connectivity index (χ4n) is 3.55. The first kappa shape index (κ1) is 22.8. The summed E-state index contributed by atoms with van der Waals surface area (Å²) in [5.41, 5.74) is 1.96. The molecule has 8 heteroatoms. The van der Waals surface area contributed by atoms with E-state index < -0.39 is 6.03 Å². The number of rotatable bonds is 7. The second-order valence-electron chi connectivity index (χ2n) is 7.40. The highest BCUT2D eigenvalue weighted by Crippen LogP contribution is 2.37. The fourth-order valence-corrected chi connectivity index (χ4v) is 4.38. The Morgan fingerprint density at radius 1 is 1.27 bits per heavy atom. The number of imide groups is 1. The molecule has 0 saturated carbocycles. The van der Waals surface area contributed by atoms with Gasteiger partial charge in [0.15, 0.2) is 0 Å². The van der Waals surface area contributed by atoms with E-state index in [1.165, 1.54) is 5.01 Å². The van der Waals surface area contributed by atoms with Gasteiger partial charge in [-0.1, -0.05) is 46.6 Å². The van der Waals surface area contributed by atoms with E-state index in [4.69, 9.17) is 11.6 Å². The van der Waals surface area contributed by atoms with Crippen LogP contribution in [0, 0.1) is 5.41 Å². The Morgan fingerprint density at radius 2 is 1.93 bits per heavy atom. The van der Waals surface area contributed by atoms with Crippen LogP contribution in [0.5, 0.6) is 0 Å². The average Bonchev–Trinajstić information content (AvgIpc) is 3.08. The molecule has 0 fully saturated rings. The second-order valence-corrected chi connectivity index (χ2v) is 9.74. The number of thioether (sulfide) groups is 1. The fraction of sp³-hybridized carbons (Fsp3) is 0.318. The quantitative estimate of drug-likeness (QED) is 0.338. The SMILES string of the molecule is CSCCCC1(C)CN(C(=O)N(C=O)c2ccc(Br)cc2)N=C1c1ccc(Cl)cc1. The number of amides is 3. The van der Waals surface area contributed by atoms with Gasteiger partial charge < -0.3 is 0 Å². The van der Waals surface area contributed by atoms with Crippen LogP contribution in [0.3, 0.4) is 0 Å². The van der Waals surface area contributed by atoms with Gasteiger partial charge in [-0.15, -0.1) is 0 Å². The Hall–Kier alpha value is -1.83. The standard InChI is InChI=1S/C22H23BrClN3O2S/c1-22(12-3-13-30-2)14-27(25-20(22)16-4-8-18(24)9-5-16)21(29)26(15-28)19-10-6-17(23)7-11-19/h4-11,15H,3,12-14H2,1-2H3. The molecule has 0 aliphatic carbocycles. The van der Waals surface area contributed by atoms with E-state index in [0.717, 1.165) is 39.2 Å². The van der Waals surface area contributed by atoms with Gasteiger partial charge in [-0.05, 0) is 66.8 Å². The maximum atomic E-state index is 13.2. The van der Waals surface area contributed by atoms with Gasteiger partial charge >= 0.3 is 6.03 Å². The number of benzene rings is 2. The summed E-state index contributed by atoms with van der Waals surface area (Å²) >= 11 is 11.2. The zero-order chi connectivity index (χ0) is 21.7. The molecule has 3 amide bonds. The summed E-state index contributed by atoms with van der Waals surface area (Å²) in [4.78, 5) is 26.0. The lowest BCUT2D eigenvalue weighted by Gasteiger charge is -2.27. The molecule has 2 aromatic rings. The summed E-state index contributed by atoms with van der Waals surface area (Å²) < 4.78 is 0.870. The Labute approximate surface area is 194 Å². The third-order valence-electron chi connectivity index (χ3n) is 5.12. The molecule has 2 aromatic carbocycles. The van der Waals surface area contributed by atoms with E-state index in [1.54, 1.807) is 36.0 Å². The molecule has 30 heavy (non-hydrogen) atoms. The summed E-state index contributed by atoms with van der Waals surface area (Å²) in [6.07, 6.45) is 4.52. The van der Waals surface area contributed by atoms with Crippen LogP contribution in [0.25, 0.3) is 0 Å². The number of urea groups is 1. The number of nitrogens with zero attached hydrogens (tertiary/aromatic N) is 3. The van der Waals surface area contributed by atoms with Crippen LogP contribution in [0.1, 0.15) is 25.3 Å². The third-order valence-corrected chi connectivity index (χ3v) is 6.60. The number of carbonyl (C=O) groups excluding carboxylic acids is 2. The van der Waals surface area contributed by atoms with Gasteiger partial charge in [0.1, 0.15) is 0 Å². The number of carbonyl (C=O) groups is 2. The first-order valence-corrected chi connectivity index (χ1v) is 12.1. The number of anilines is 1. The van der Waals surface area contributed by atoms with Crippen molar-refractivity contribution in [1.29, 1.82) is 0 Å². The van der Waals surface area contributed by atoms with Crippen LogP contribution in [0.15, 0.2) is 58.1 Å². The molecular formula is C22H23BrClN3O2S. The van der Waals surface area contributed by atoms with E-state index in [9.17, 15) is 9.59 Å². The summed E-state index contributed by atoms with van der Waals surface area (Å²) in [5, 5.41) is 6.72. The van der Waals surface area contributed by atoms with Crippen molar-refractivity contribution in [2.24, 2.45) is 10.5 Å². The highest BCUT2D eigenvalue weighted by atomic mass is 79.9. The third kappa shape index (κ3) is 5.07. The molecule has 0 radical (unpaired) electrons. The summed E-state index contributed by atoms with van der Waals surface area (Å²) in [5.74, 6) is 1.04. The summed E-state index contributed by atoms with van der Waals surface area (Å²) in [7, 11) is 0. The Morgan fingerprint density at radius 3 is 2.53 bits per heavy atom. The van der Waals surface area contributed by atoms with Crippen LogP contribution in [0.4, 0.5) is 10.5 Å². The maximum Gasteiger partial charge on any atom is 0.351 e. The lowest BCUT2D eigenvalue weighted by Crippen LogP contribution is -2.41. The predicted molar refractivity (Wildman–Crippen MR) is 128 cm³/mol. The molecule has 0 N–H and O–H groups in total. The van der Waals surface area contributed by atoms with Gasteiger partial charge in [0.05, 0.1) is 17.9 Å². The minimum Gasteiger partial charge on any atom is -0.278 e. The van der Waals surface area contributed by atoms with Gasteiger partial charge in [0, 0.05) is 14.9 Å². The van der Waals surface area contributed by atoms with Crippen molar-refractivity contribution in [3.05, 3.63) is 63.6 Å². The van der Waals surface area contributed by atoms with Crippen molar-refractivity contribution < 1.29 is 9.59 Å². The van der Waals surface area contributed by atoms with Crippen LogP contribution < -0.4 is 4.90 Å².